The van der Waals surface area contributed by atoms with Gasteiger partial charge in [-0.3, -0.25) is 9.59 Å². The highest BCUT2D eigenvalue weighted by Crippen LogP contribution is 2.19. The third-order valence-electron chi connectivity index (χ3n) is 3.58. The van der Waals surface area contributed by atoms with E-state index in [1.807, 2.05) is 6.92 Å². The van der Waals surface area contributed by atoms with Crippen LogP contribution in [0.15, 0.2) is 0 Å². The zero-order chi connectivity index (χ0) is 13.7. The third kappa shape index (κ3) is 3.98. The van der Waals surface area contributed by atoms with E-state index in [0.29, 0.717) is 19.1 Å². The number of carbonyl (C=O) groups is 2. The molecule has 3 unspecified atom stereocenters. The van der Waals surface area contributed by atoms with Crippen molar-refractivity contribution < 1.29 is 14.7 Å². The Bertz CT molecular complexity index is 307. The van der Waals surface area contributed by atoms with Gasteiger partial charge in [-0.1, -0.05) is 6.92 Å². The maximum absolute atomic E-state index is 12.3. The number of hydrogen-bond donors (Lipinski definition) is 2. The molecule has 1 aliphatic rings. The van der Waals surface area contributed by atoms with Gasteiger partial charge in [-0.05, 0) is 33.2 Å². The van der Waals surface area contributed by atoms with Crippen LogP contribution in [0.2, 0.25) is 0 Å². The summed E-state index contributed by atoms with van der Waals surface area (Å²) in [5.74, 6) is -1.20. The van der Waals surface area contributed by atoms with Gasteiger partial charge in [0.05, 0.1) is 5.92 Å². The lowest BCUT2D eigenvalue weighted by molar-refractivity contribution is -0.144. The molecule has 0 aromatic heterocycles. The fraction of sp³-hybridized carbons (Fsp3) is 0.846. The number of carbonyl (C=O) groups excluding carboxylic acids is 1. The number of hydrogen-bond acceptors (Lipinski definition) is 3. The van der Waals surface area contributed by atoms with Gasteiger partial charge < -0.3 is 15.3 Å². The van der Waals surface area contributed by atoms with Crippen LogP contribution in [0.3, 0.4) is 0 Å². The second-order valence-electron chi connectivity index (χ2n) is 5.19. The van der Waals surface area contributed by atoms with Crippen molar-refractivity contribution in [2.75, 3.05) is 19.6 Å². The molecule has 0 saturated carbocycles. The Balaban J connectivity index is 2.58. The quantitative estimate of drug-likeness (QED) is 0.768. The highest BCUT2D eigenvalue weighted by Gasteiger charge is 2.29. The summed E-state index contributed by atoms with van der Waals surface area (Å²) in [6, 6.07) is 0.364. The zero-order valence-corrected chi connectivity index (χ0v) is 11.5. The molecule has 5 nitrogen and oxygen atoms in total. The van der Waals surface area contributed by atoms with Gasteiger partial charge in [0.15, 0.2) is 0 Å². The van der Waals surface area contributed by atoms with Gasteiger partial charge in [-0.2, -0.15) is 0 Å². The second kappa shape index (κ2) is 6.73. The van der Waals surface area contributed by atoms with E-state index < -0.39 is 11.9 Å². The number of carboxylic acids is 1. The molecule has 0 aromatic carbocycles. The monoisotopic (exact) mass is 256 g/mol. The van der Waals surface area contributed by atoms with Gasteiger partial charge in [-0.25, -0.2) is 0 Å². The first-order chi connectivity index (χ1) is 8.45. The van der Waals surface area contributed by atoms with E-state index in [0.717, 1.165) is 19.4 Å². The molecular formula is C13H24N2O3. The fourth-order valence-corrected chi connectivity index (χ4v) is 2.40. The highest BCUT2D eigenvalue weighted by atomic mass is 16.4. The number of piperidine rings is 1. The molecule has 5 heteroatoms. The molecule has 1 heterocycles. The van der Waals surface area contributed by atoms with Crippen LogP contribution < -0.4 is 5.32 Å². The summed E-state index contributed by atoms with van der Waals surface area (Å²) in [4.78, 5) is 24.9. The Kier molecular flexibility index (Phi) is 5.59. The smallest absolute Gasteiger partial charge is 0.308 e. The molecule has 1 saturated heterocycles. The Morgan fingerprint density at radius 3 is 2.67 bits per heavy atom. The predicted octanol–water partition coefficient (Wildman–Crippen LogP) is 0.944. The maximum atomic E-state index is 12.3. The summed E-state index contributed by atoms with van der Waals surface area (Å²) < 4.78 is 0. The van der Waals surface area contributed by atoms with Gasteiger partial charge in [-0.15, -0.1) is 0 Å². The number of carboxylic acid groups (broad SMARTS) is 1. The number of rotatable bonds is 5. The van der Waals surface area contributed by atoms with Crippen molar-refractivity contribution in [3.63, 3.8) is 0 Å². The van der Waals surface area contributed by atoms with Gasteiger partial charge in [0, 0.05) is 25.0 Å². The molecule has 1 aliphatic heterocycles. The van der Waals surface area contributed by atoms with Crippen molar-refractivity contribution >= 4 is 11.9 Å². The molecule has 0 aliphatic carbocycles. The summed E-state index contributed by atoms with van der Waals surface area (Å²) in [5, 5.41) is 12.2. The summed E-state index contributed by atoms with van der Waals surface area (Å²) in [6.45, 7) is 7.37. The Morgan fingerprint density at radius 2 is 2.17 bits per heavy atom. The topological polar surface area (TPSA) is 69.6 Å². The lowest BCUT2D eigenvalue weighted by Gasteiger charge is -2.32. The first-order valence-electron chi connectivity index (χ1n) is 6.70. The molecule has 18 heavy (non-hydrogen) atoms. The minimum Gasteiger partial charge on any atom is -0.481 e. The molecule has 3 atom stereocenters. The van der Waals surface area contributed by atoms with E-state index in [9.17, 15) is 9.59 Å². The van der Waals surface area contributed by atoms with E-state index in [1.54, 1.807) is 11.8 Å². The first-order valence-corrected chi connectivity index (χ1v) is 6.70. The summed E-state index contributed by atoms with van der Waals surface area (Å²) in [7, 11) is 0. The van der Waals surface area contributed by atoms with Gasteiger partial charge in [0.2, 0.25) is 5.91 Å². The Labute approximate surface area is 109 Å². The van der Waals surface area contributed by atoms with E-state index in [2.05, 4.69) is 12.2 Å². The van der Waals surface area contributed by atoms with Crippen LogP contribution in [0.5, 0.6) is 0 Å². The van der Waals surface area contributed by atoms with Crippen LogP contribution in [-0.4, -0.2) is 47.6 Å². The third-order valence-corrected chi connectivity index (χ3v) is 3.58. The van der Waals surface area contributed by atoms with E-state index >= 15 is 0 Å². The minimum atomic E-state index is -0.847. The van der Waals surface area contributed by atoms with Crippen molar-refractivity contribution in [3.8, 4) is 0 Å². The Morgan fingerprint density at radius 1 is 1.50 bits per heavy atom. The van der Waals surface area contributed by atoms with Gasteiger partial charge >= 0.3 is 5.97 Å². The molecule has 0 bridgehead atoms. The van der Waals surface area contributed by atoms with Crippen molar-refractivity contribution in [3.05, 3.63) is 0 Å². The lowest BCUT2D eigenvalue weighted by atomic mass is 9.91. The number of nitrogens with zero attached hydrogens (tertiary/aromatic N) is 1. The molecule has 2 N–H and O–H groups in total. The summed E-state index contributed by atoms with van der Waals surface area (Å²) in [5.41, 5.74) is 0. The predicted molar refractivity (Wildman–Crippen MR) is 69.2 cm³/mol. The molecule has 104 valence electrons. The molecule has 1 rings (SSSR count). The van der Waals surface area contributed by atoms with E-state index in [4.69, 9.17) is 5.11 Å². The average molecular weight is 256 g/mol. The number of amides is 1. The second-order valence-corrected chi connectivity index (χ2v) is 5.19. The lowest BCUT2D eigenvalue weighted by Crippen LogP contribution is -2.45. The SMILES string of the molecule is CCN(CC(C)C(=O)O)C(=O)C1CCNC(C)C1. The summed E-state index contributed by atoms with van der Waals surface area (Å²) in [6.07, 6.45) is 1.69. The van der Waals surface area contributed by atoms with Crippen molar-refractivity contribution in [1.29, 1.82) is 0 Å². The van der Waals surface area contributed by atoms with Crippen LogP contribution in [0, 0.1) is 11.8 Å². The van der Waals surface area contributed by atoms with Crippen LogP contribution in [-0.2, 0) is 9.59 Å². The summed E-state index contributed by atoms with van der Waals surface area (Å²) >= 11 is 0. The highest BCUT2D eigenvalue weighted by molar-refractivity contribution is 5.80. The number of aliphatic carboxylic acids is 1. The van der Waals surface area contributed by atoms with Crippen LogP contribution in [0.4, 0.5) is 0 Å². The largest absolute Gasteiger partial charge is 0.481 e. The Hall–Kier alpha value is -1.10. The van der Waals surface area contributed by atoms with Crippen molar-refractivity contribution in [2.45, 2.75) is 39.7 Å². The van der Waals surface area contributed by atoms with Gasteiger partial charge in [0.1, 0.15) is 0 Å². The fourth-order valence-electron chi connectivity index (χ4n) is 2.40. The van der Waals surface area contributed by atoms with Crippen LogP contribution >= 0.6 is 0 Å². The molecule has 1 fully saturated rings. The van der Waals surface area contributed by atoms with Crippen molar-refractivity contribution in [1.82, 2.24) is 10.2 Å². The van der Waals surface area contributed by atoms with Crippen LogP contribution in [0.25, 0.3) is 0 Å². The van der Waals surface area contributed by atoms with E-state index in [-0.39, 0.29) is 11.8 Å². The average Bonchev–Trinajstić information content (AvgIpc) is 2.34. The van der Waals surface area contributed by atoms with Crippen LogP contribution in [0.1, 0.15) is 33.6 Å². The number of nitrogens with one attached hydrogen (secondary N) is 1. The van der Waals surface area contributed by atoms with E-state index in [1.165, 1.54) is 0 Å². The maximum Gasteiger partial charge on any atom is 0.308 e. The minimum absolute atomic E-state index is 0.0437. The molecular weight excluding hydrogens is 232 g/mol. The normalized spacial score (nSPS) is 25.5. The molecule has 0 aromatic rings. The van der Waals surface area contributed by atoms with Crippen molar-refractivity contribution in [2.24, 2.45) is 11.8 Å². The molecule has 0 spiro atoms. The first kappa shape index (κ1) is 15.0. The molecule has 0 radical (unpaired) electrons. The van der Waals surface area contributed by atoms with Gasteiger partial charge in [0.25, 0.3) is 0 Å². The molecule has 1 amide bonds. The zero-order valence-electron chi connectivity index (χ0n) is 11.5. The standard InChI is InChI=1S/C13H24N2O3/c1-4-15(8-9(2)13(17)18)12(16)11-5-6-14-10(3)7-11/h9-11,14H,4-8H2,1-3H3,(H,17,18).